The molecule has 0 amide bonds. The van der Waals surface area contributed by atoms with Crippen LogP contribution in [0.4, 0.5) is 5.69 Å². The van der Waals surface area contributed by atoms with Crippen LogP contribution in [0.15, 0.2) is 18.3 Å². The second-order valence-electron chi connectivity index (χ2n) is 5.70. The first kappa shape index (κ1) is 14.7. The molecule has 1 aliphatic heterocycles. The van der Waals surface area contributed by atoms with Gasteiger partial charge in [0.2, 0.25) is 0 Å². The zero-order chi connectivity index (χ0) is 13.7. The third-order valence-corrected chi connectivity index (χ3v) is 4.89. The van der Waals surface area contributed by atoms with E-state index in [9.17, 15) is 0 Å². The number of anilines is 1. The minimum atomic E-state index is 0.424. The summed E-state index contributed by atoms with van der Waals surface area (Å²) in [5.74, 6) is 1.22. The van der Waals surface area contributed by atoms with E-state index in [1.54, 1.807) is 0 Å². The molecule has 4 heteroatoms. The minimum Gasteiger partial charge on any atom is -0.385 e. The third kappa shape index (κ3) is 4.69. The number of nitrogens with zero attached hydrogens (tertiary/aromatic N) is 2. The van der Waals surface area contributed by atoms with Gasteiger partial charge in [-0.25, -0.2) is 0 Å². The first-order chi connectivity index (χ1) is 9.09. The molecule has 106 valence electrons. The summed E-state index contributed by atoms with van der Waals surface area (Å²) in [6.07, 6.45) is 3.16. The number of aromatic nitrogens is 1. The average molecular weight is 279 g/mol. The molecule has 0 aliphatic carbocycles. The zero-order valence-corrected chi connectivity index (χ0v) is 13.1. The molecule has 1 aliphatic rings. The van der Waals surface area contributed by atoms with Gasteiger partial charge in [0, 0.05) is 42.0 Å². The highest BCUT2D eigenvalue weighted by Crippen LogP contribution is 2.31. The van der Waals surface area contributed by atoms with Crippen molar-refractivity contribution < 1.29 is 0 Å². The van der Waals surface area contributed by atoms with Crippen molar-refractivity contribution >= 4 is 17.4 Å². The molecule has 2 heterocycles. The van der Waals surface area contributed by atoms with E-state index in [0.717, 1.165) is 13.1 Å². The molecule has 1 fully saturated rings. The maximum Gasteiger partial charge on any atom is 0.0564 e. The summed E-state index contributed by atoms with van der Waals surface area (Å²) in [5, 5.41) is 3.35. The van der Waals surface area contributed by atoms with E-state index in [2.05, 4.69) is 53.8 Å². The van der Waals surface area contributed by atoms with Crippen molar-refractivity contribution in [2.75, 3.05) is 30.7 Å². The van der Waals surface area contributed by atoms with Gasteiger partial charge in [-0.2, -0.15) is 11.8 Å². The predicted octanol–water partition coefficient (Wildman–Crippen LogP) is 3.23. The molecular formula is C15H25N3S. The van der Waals surface area contributed by atoms with E-state index in [1.807, 2.05) is 12.3 Å². The maximum atomic E-state index is 4.49. The lowest BCUT2D eigenvalue weighted by atomic mass is 10.1. The van der Waals surface area contributed by atoms with Crippen molar-refractivity contribution in [3.8, 4) is 0 Å². The minimum absolute atomic E-state index is 0.424. The molecule has 0 spiro atoms. The second-order valence-corrected chi connectivity index (χ2v) is 7.50. The van der Waals surface area contributed by atoms with Crippen molar-refractivity contribution in [3.63, 3.8) is 0 Å². The van der Waals surface area contributed by atoms with Gasteiger partial charge in [-0.15, -0.1) is 0 Å². The molecule has 0 bridgehead atoms. The van der Waals surface area contributed by atoms with E-state index < -0.39 is 0 Å². The number of pyridine rings is 1. The first-order valence-corrected chi connectivity index (χ1v) is 8.13. The summed E-state index contributed by atoms with van der Waals surface area (Å²) in [5.41, 5.74) is 2.35. The Bertz CT molecular complexity index is 406. The molecular weight excluding hydrogens is 254 g/mol. The van der Waals surface area contributed by atoms with Crippen LogP contribution in [0, 0.1) is 0 Å². The van der Waals surface area contributed by atoms with Gasteiger partial charge in [0.25, 0.3) is 0 Å². The van der Waals surface area contributed by atoms with Crippen LogP contribution in [0.3, 0.4) is 0 Å². The van der Waals surface area contributed by atoms with Gasteiger partial charge in [0.15, 0.2) is 0 Å². The lowest BCUT2D eigenvalue weighted by Crippen LogP contribution is -2.27. The van der Waals surface area contributed by atoms with Crippen molar-refractivity contribution in [1.82, 2.24) is 9.88 Å². The number of nitrogens with one attached hydrogen (secondary N) is 1. The first-order valence-electron chi connectivity index (χ1n) is 7.14. The van der Waals surface area contributed by atoms with Crippen LogP contribution in [-0.2, 0) is 6.54 Å². The summed E-state index contributed by atoms with van der Waals surface area (Å²) in [4.78, 5) is 7.02. The van der Waals surface area contributed by atoms with Crippen LogP contribution in [0.1, 0.15) is 32.9 Å². The van der Waals surface area contributed by atoms with Crippen molar-refractivity contribution in [3.05, 3.63) is 24.0 Å². The van der Waals surface area contributed by atoms with Crippen LogP contribution in [0.5, 0.6) is 0 Å². The SMILES string of the molecule is CCNc1ccnc(CN2CCSC(C)(C)CC2)c1. The zero-order valence-electron chi connectivity index (χ0n) is 12.3. The lowest BCUT2D eigenvalue weighted by Gasteiger charge is -2.22. The molecule has 0 aromatic carbocycles. The van der Waals surface area contributed by atoms with E-state index in [-0.39, 0.29) is 0 Å². The van der Waals surface area contributed by atoms with Crippen LogP contribution in [0.25, 0.3) is 0 Å². The van der Waals surface area contributed by atoms with Crippen LogP contribution < -0.4 is 5.32 Å². The Morgan fingerprint density at radius 1 is 1.42 bits per heavy atom. The molecule has 1 aromatic rings. The molecule has 19 heavy (non-hydrogen) atoms. The van der Waals surface area contributed by atoms with Gasteiger partial charge < -0.3 is 5.32 Å². The topological polar surface area (TPSA) is 28.2 Å². The Kier molecular flexibility index (Phi) is 5.11. The quantitative estimate of drug-likeness (QED) is 0.916. The Morgan fingerprint density at radius 2 is 2.26 bits per heavy atom. The Balaban J connectivity index is 1.95. The van der Waals surface area contributed by atoms with Gasteiger partial charge >= 0.3 is 0 Å². The Labute approximate surface area is 121 Å². The molecule has 0 unspecified atom stereocenters. The van der Waals surface area contributed by atoms with E-state index in [0.29, 0.717) is 4.75 Å². The summed E-state index contributed by atoms with van der Waals surface area (Å²) in [6.45, 7) is 11.1. The number of thioether (sulfide) groups is 1. The van der Waals surface area contributed by atoms with Crippen molar-refractivity contribution in [2.24, 2.45) is 0 Å². The molecule has 1 N–H and O–H groups in total. The maximum absolute atomic E-state index is 4.49. The Morgan fingerprint density at radius 3 is 3.05 bits per heavy atom. The van der Waals surface area contributed by atoms with Gasteiger partial charge in [-0.1, -0.05) is 13.8 Å². The summed E-state index contributed by atoms with van der Waals surface area (Å²) >= 11 is 2.09. The largest absolute Gasteiger partial charge is 0.385 e. The monoisotopic (exact) mass is 279 g/mol. The fraction of sp³-hybridized carbons (Fsp3) is 0.667. The van der Waals surface area contributed by atoms with Crippen molar-refractivity contribution in [2.45, 2.75) is 38.5 Å². The van der Waals surface area contributed by atoms with E-state index in [4.69, 9.17) is 0 Å². The molecule has 2 rings (SSSR count). The second kappa shape index (κ2) is 6.62. The van der Waals surface area contributed by atoms with Gasteiger partial charge in [-0.05, 0) is 32.0 Å². The molecule has 0 saturated carbocycles. The fourth-order valence-electron chi connectivity index (χ4n) is 2.33. The highest BCUT2D eigenvalue weighted by molar-refractivity contribution is 8.00. The van der Waals surface area contributed by atoms with Crippen molar-refractivity contribution in [1.29, 1.82) is 0 Å². The highest BCUT2D eigenvalue weighted by Gasteiger charge is 2.23. The van der Waals surface area contributed by atoms with E-state index in [1.165, 1.54) is 36.6 Å². The number of hydrogen-bond acceptors (Lipinski definition) is 4. The average Bonchev–Trinajstić information content (AvgIpc) is 2.52. The third-order valence-electron chi connectivity index (χ3n) is 3.51. The predicted molar refractivity (Wildman–Crippen MR) is 84.8 cm³/mol. The normalized spacial score (nSPS) is 19.9. The molecule has 1 aromatic heterocycles. The van der Waals surface area contributed by atoms with Gasteiger partial charge in [0.05, 0.1) is 5.69 Å². The molecule has 0 radical (unpaired) electrons. The standard InChI is InChI=1S/C15H25N3S/c1-4-16-13-5-7-17-14(11-13)12-18-8-6-15(2,3)19-10-9-18/h5,7,11H,4,6,8-10,12H2,1-3H3,(H,16,17). The van der Waals surface area contributed by atoms with Crippen LogP contribution in [-0.4, -0.2) is 40.0 Å². The van der Waals surface area contributed by atoms with Crippen LogP contribution in [0.2, 0.25) is 0 Å². The Hall–Kier alpha value is -0.740. The number of hydrogen-bond donors (Lipinski definition) is 1. The molecule has 0 atom stereocenters. The lowest BCUT2D eigenvalue weighted by molar-refractivity contribution is 0.273. The smallest absolute Gasteiger partial charge is 0.0564 e. The number of rotatable bonds is 4. The molecule has 3 nitrogen and oxygen atoms in total. The summed E-state index contributed by atoms with van der Waals surface area (Å²) in [6, 6.07) is 4.21. The van der Waals surface area contributed by atoms with E-state index >= 15 is 0 Å². The fourth-order valence-corrected chi connectivity index (χ4v) is 3.47. The summed E-state index contributed by atoms with van der Waals surface area (Å²) in [7, 11) is 0. The van der Waals surface area contributed by atoms with Gasteiger partial charge in [0.1, 0.15) is 0 Å². The molecule has 1 saturated heterocycles. The summed E-state index contributed by atoms with van der Waals surface area (Å²) < 4.78 is 0.424. The van der Waals surface area contributed by atoms with Gasteiger partial charge in [-0.3, -0.25) is 9.88 Å². The highest BCUT2D eigenvalue weighted by atomic mass is 32.2. The van der Waals surface area contributed by atoms with Crippen LogP contribution >= 0.6 is 11.8 Å².